The molecule has 3 rings (SSSR count). The number of carbonyl (C=O) groups is 1. The maximum Gasteiger partial charge on any atom is 0.253 e. The van der Waals surface area contributed by atoms with Gasteiger partial charge in [-0.3, -0.25) is 4.79 Å². The van der Waals surface area contributed by atoms with Crippen LogP contribution in [-0.4, -0.2) is 62.8 Å². The lowest BCUT2D eigenvalue weighted by Crippen LogP contribution is -2.49. The van der Waals surface area contributed by atoms with E-state index in [-0.39, 0.29) is 5.91 Å². The third-order valence-electron chi connectivity index (χ3n) is 3.97. The van der Waals surface area contributed by atoms with Gasteiger partial charge in [0.05, 0.1) is 25.0 Å². The Balaban J connectivity index is 1.91. The molecule has 0 radical (unpaired) electrons. The Morgan fingerprint density at radius 2 is 2.26 bits per heavy atom. The van der Waals surface area contributed by atoms with Crippen LogP contribution in [0.4, 0.5) is 5.13 Å². The molecule has 0 spiro atoms. The Kier molecular flexibility index (Phi) is 4.41. The van der Waals surface area contributed by atoms with E-state index in [0.29, 0.717) is 13.2 Å². The normalized spacial score (nSPS) is 18.3. The lowest BCUT2D eigenvalue weighted by molar-refractivity contribution is -0.141. The van der Waals surface area contributed by atoms with Crippen molar-refractivity contribution in [2.45, 2.75) is 13.0 Å². The van der Waals surface area contributed by atoms with Gasteiger partial charge >= 0.3 is 0 Å². The maximum atomic E-state index is 12.1. The van der Waals surface area contributed by atoms with Gasteiger partial charge in [0.1, 0.15) is 11.3 Å². The molecule has 1 amide bonds. The van der Waals surface area contributed by atoms with Crippen molar-refractivity contribution in [1.29, 1.82) is 0 Å². The van der Waals surface area contributed by atoms with E-state index < -0.39 is 6.10 Å². The first-order chi connectivity index (χ1) is 11.0. The van der Waals surface area contributed by atoms with Crippen molar-refractivity contribution >= 4 is 32.6 Å². The second-order valence-electron chi connectivity index (χ2n) is 5.80. The Morgan fingerprint density at radius 1 is 1.48 bits per heavy atom. The fourth-order valence-electron chi connectivity index (χ4n) is 2.66. The van der Waals surface area contributed by atoms with Crippen molar-refractivity contribution < 1.29 is 14.3 Å². The van der Waals surface area contributed by atoms with Crippen LogP contribution in [0.15, 0.2) is 12.1 Å². The Bertz CT molecular complexity index is 729. The summed E-state index contributed by atoms with van der Waals surface area (Å²) in [5, 5.41) is 0.910. The zero-order valence-corrected chi connectivity index (χ0v) is 14.6. The number of methoxy groups -OCH3 is 1. The van der Waals surface area contributed by atoms with Crippen molar-refractivity contribution in [1.82, 2.24) is 9.88 Å². The van der Waals surface area contributed by atoms with Crippen LogP contribution < -0.4 is 9.64 Å². The minimum Gasteiger partial charge on any atom is -0.494 e. The molecule has 2 heterocycles. The predicted octanol–water partition coefficient (Wildman–Crippen LogP) is 1.91. The van der Waals surface area contributed by atoms with Crippen LogP contribution in [0.5, 0.6) is 5.75 Å². The van der Waals surface area contributed by atoms with Crippen LogP contribution in [0.3, 0.4) is 0 Å². The van der Waals surface area contributed by atoms with Crippen molar-refractivity contribution in [3.63, 3.8) is 0 Å². The van der Waals surface area contributed by atoms with Crippen LogP contribution in [0, 0.1) is 6.92 Å². The SMILES string of the molecule is COc1ccc(C)c2sc(N3CCOC(C(=O)N(C)C)C3)nc12. The lowest BCUT2D eigenvalue weighted by atomic mass is 10.2. The van der Waals surface area contributed by atoms with Gasteiger partial charge in [-0.05, 0) is 18.6 Å². The minimum absolute atomic E-state index is 0.00966. The summed E-state index contributed by atoms with van der Waals surface area (Å²) in [4.78, 5) is 20.6. The molecule has 1 aliphatic rings. The molecular weight excluding hydrogens is 314 g/mol. The average molecular weight is 335 g/mol. The van der Waals surface area contributed by atoms with E-state index in [4.69, 9.17) is 14.5 Å². The number of thiazole rings is 1. The molecule has 2 aromatic rings. The summed E-state index contributed by atoms with van der Waals surface area (Å²) in [6, 6.07) is 3.99. The molecule has 1 aliphatic heterocycles. The fraction of sp³-hybridized carbons (Fsp3) is 0.500. The van der Waals surface area contributed by atoms with Gasteiger partial charge in [-0.1, -0.05) is 17.4 Å². The van der Waals surface area contributed by atoms with Gasteiger partial charge in [-0.2, -0.15) is 0 Å². The molecule has 1 aromatic carbocycles. The summed E-state index contributed by atoms with van der Waals surface area (Å²) in [7, 11) is 5.15. The first-order valence-electron chi connectivity index (χ1n) is 7.53. The molecular formula is C16H21N3O3S. The molecule has 0 N–H and O–H groups in total. The second kappa shape index (κ2) is 6.33. The van der Waals surface area contributed by atoms with Crippen molar-refractivity contribution in [3.8, 4) is 5.75 Å². The number of amides is 1. The summed E-state index contributed by atoms with van der Waals surface area (Å²) in [6.45, 7) is 3.86. The maximum absolute atomic E-state index is 12.1. The molecule has 1 saturated heterocycles. The Morgan fingerprint density at radius 3 is 2.96 bits per heavy atom. The molecule has 1 fully saturated rings. The number of carbonyl (C=O) groups excluding carboxylic acids is 1. The van der Waals surface area contributed by atoms with Crippen LogP contribution in [0.1, 0.15) is 5.56 Å². The number of rotatable bonds is 3. The highest BCUT2D eigenvalue weighted by Gasteiger charge is 2.29. The highest BCUT2D eigenvalue weighted by atomic mass is 32.1. The Hall–Kier alpha value is -1.86. The van der Waals surface area contributed by atoms with Gasteiger partial charge in [0, 0.05) is 20.6 Å². The molecule has 0 saturated carbocycles. The number of morpholine rings is 1. The molecule has 6 nitrogen and oxygen atoms in total. The van der Waals surface area contributed by atoms with E-state index in [1.807, 2.05) is 12.1 Å². The molecule has 1 aromatic heterocycles. The smallest absolute Gasteiger partial charge is 0.253 e. The molecule has 0 aliphatic carbocycles. The summed E-state index contributed by atoms with van der Waals surface area (Å²) in [5.41, 5.74) is 2.06. The van der Waals surface area contributed by atoms with E-state index in [0.717, 1.165) is 27.6 Å². The van der Waals surface area contributed by atoms with Crippen molar-refractivity contribution in [2.75, 3.05) is 45.8 Å². The average Bonchev–Trinajstić information content (AvgIpc) is 3.01. The van der Waals surface area contributed by atoms with Crippen molar-refractivity contribution in [3.05, 3.63) is 17.7 Å². The van der Waals surface area contributed by atoms with Gasteiger partial charge in [0.25, 0.3) is 5.91 Å². The standard InChI is InChI=1S/C16H21N3O3S/c1-10-5-6-11(21-4)13-14(10)23-16(17-13)19-7-8-22-12(9-19)15(20)18(2)3/h5-6,12H,7-9H2,1-4H3. The van der Waals surface area contributed by atoms with E-state index in [9.17, 15) is 4.79 Å². The number of likely N-dealkylation sites (N-methyl/N-ethyl adjacent to an activating group) is 1. The zero-order chi connectivity index (χ0) is 16.6. The number of ether oxygens (including phenoxy) is 2. The number of anilines is 1. The first-order valence-corrected chi connectivity index (χ1v) is 8.34. The molecule has 1 atom stereocenters. The van der Waals surface area contributed by atoms with Gasteiger partial charge in [0.15, 0.2) is 11.2 Å². The number of aromatic nitrogens is 1. The van der Waals surface area contributed by atoms with Gasteiger partial charge in [-0.15, -0.1) is 0 Å². The van der Waals surface area contributed by atoms with E-state index in [1.165, 1.54) is 5.56 Å². The highest BCUT2D eigenvalue weighted by Crippen LogP contribution is 2.36. The van der Waals surface area contributed by atoms with Crippen LogP contribution >= 0.6 is 11.3 Å². The van der Waals surface area contributed by atoms with Gasteiger partial charge in [0.2, 0.25) is 0 Å². The van der Waals surface area contributed by atoms with E-state index in [2.05, 4.69) is 11.8 Å². The summed E-state index contributed by atoms with van der Waals surface area (Å²) in [5.74, 6) is 0.770. The first kappa shape index (κ1) is 16.0. The minimum atomic E-state index is -0.436. The van der Waals surface area contributed by atoms with Crippen molar-refractivity contribution in [2.24, 2.45) is 0 Å². The quantitative estimate of drug-likeness (QED) is 0.858. The Labute approximate surface area is 139 Å². The predicted molar refractivity (Wildman–Crippen MR) is 91.6 cm³/mol. The summed E-state index contributed by atoms with van der Waals surface area (Å²) < 4.78 is 12.2. The monoisotopic (exact) mass is 335 g/mol. The molecule has 0 bridgehead atoms. The van der Waals surface area contributed by atoms with Crippen LogP contribution in [0.2, 0.25) is 0 Å². The third kappa shape index (κ3) is 2.98. The van der Waals surface area contributed by atoms with Crippen LogP contribution in [0.25, 0.3) is 10.2 Å². The zero-order valence-electron chi connectivity index (χ0n) is 13.8. The van der Waals surface area contributed by atoms with E-state index >= 15 is 0 Å². The lowest BCUT2D eigenvalue weighted by Gasteiger charge is -2.33. The number of hydrogen-bond donors (Lipinski definition) is 0. The molecule has 7 heteroatoms. The van der Waals surface area contributed by atoms with Gasteiger partial charge in [-0.25, -0.2) is 4.98 Å². The topological polar surface area (TPSA) is 54.9 Å². The van der Waals surface area contributed by atoms with Crippen LogP contribution in [-0.2, 0) is 9.53 Å². The highest BCUT2D eigenvalue weighted by molar-refractivity contribution is 7.22. The third-order valence-corrected chi connectivity index (χ3v) is 5.22. The number of hydrogen-bond acceptors (Lipinski definition) is 6. The fourth-order valence-corrected chi connectivity index (χ4v) is 3.75. The molecule has 23 heavy (non-hydrogen) atoms. The largest absolute Gasteiger partial charge is 0.494 e. The molecule has 124 valence electrons. The summed E-state index contributed by atoms with van der Waals surface area (Å²) >= 11 is 1.64. The number of fused-ring (bicyclic) bond motifs is 1. The second-order valence-corrected chi connectivity index (χ2v) is 6.77. The molecule has 1 unspecified atom stereocenters. The van der Waals surface area contributed by atoms with E-state index in [1.54, 1.807) is 37.4 Å². The number of nitrogens with zero attached hydrogens (tertiary/aromatic N) is 3. The number of benzene rings is 1. The number of aryl methyl sites for hydroxylation is 1. The summed E-state index contributed by atoms with van der Waals surface area (Å²) in [6.07, 6.45) is -0.436. The van der Waals surface area contributed by atoms with Gasteiger partial charge < -0.3 is 19.3 Å².